The van der Waals surface area contributed by atoms with Crippen molar-refractivity contribution in [3.63, 3.8) is 0 Å². The van der Waals surface area contributed by atoms with Crippen molar-refractivity contribution in [1.29, 1.82) is 0 Å². The number of hydrogen-bond acceptors (Lipinski definition) is 7. The van der Waals surface area contributed by atoms with E-state index in [-0.39, 0.29) is 17.4 Å². The van der Waals surface area contributed by atoms with Gasteiger partial charge in [-0.3, -0.25) is 0 Å². The van der Waals surface area contributed by atoms with E-state index in [2.05, 4.69) is 4.99 Å². The Balaban J connectivity index is 1.82. The zero-order valence-electron chi connectivity index (χ0n) is 13.9. The smallest absolute Gasteiger partial charge is 0.367 e. The van der Waals surface area contributed by atoms with Gasteiger partial charge in [0.05, 0.1) is 25.3 Å². The van der Waals surface area contributed by atoms with Gasteiger partial charge in [0, 0.05) is 11.6 Å². The number of ether oxygens (including phenoxy) is 4. The maximum atomic E-state index is 12.3. The monoisotopic (exact) mass is 351 g/mol. The molecule has 0 unspecified atom stereocenters. The van der Waals surface area contributed by atoms with E-state index in [4.69, 9.17) is 18.9 Å². The van der Waals surface area contributed by atoms with Crippen molar-refractivity contribution < 1.29 is 28.5 Å². The fraction of sp³-hybridized carbons (Fsp3) is 0.105. The van der Waals surface area contributed by atoms with Crippen molar-refractivity contribution in [3.8, 4) is 11.5 Å². The van der Waals surface area contributed by atoms with Crippen molar-refractivity contribution in [2.75, 3.05) is 14.2 Å². The van der Waals surface area contributed by atoms with Gasteiger partial charge in [-0.1, -0.05) is 18.2 Å². The second kappa shape index (κ2) is 6.03. The summed E-state index contributed by atoms with van der Waals surface area (Å²) in [6.07, 6.45) is 0. The van der Waals surface area contributed by atoms with Crippen LogP contribution in [0.25, 0.3) is 5.76 Å². The summed E-state index contributed by atoms with van der Waals surface area (Å²) >= 11 is 0. The summed E-state index contributed by atoms with van der Waals surface area (Å²) in [7, 11) is 3.03. The molecule has 2 aromatic carbocycles. The fourth-order valence-corrected chi connectivity index (χ4v) is 2.78. The van der Waals surface area contributed by atoms with Crippen LogP contribution in [0.4, 0.5) is 0 Å². The highest BCUT2D eigenvalue weighted by Crippen LogP contribution is 2.36. The summed E-state index contributed by atoms with van der Waals surface area (Å²) in [5, 5.41) is 0. The number of rotatable bonds is 3. The van der Waals surface area contributed by atoms with Gasteiger partial charge in [-0.15, -0.1) is 0 Å². The lowest BCUT2D eigenvalue weighted by Crippen LogP contribution is -2.07. The van der Waals surface area contributed by atoms with Gasteiger partial charge in [0.2, 0.25) is 5.90 Å². The van der Waals surface area contributed by atoms with Crippen LogP contribution < -0.4 is 9.47 Å². The molecular formula is C19H13NO6. The Bertz CT molecular complexity index is 1000. The summed E-state index contributed by atoms with van der Waals surface area (Å²) in [4.78, 5) is 28.5. The molecule has 2 aromatic rings. The fourth-order valence-electron chi connectivity index (χ4n) is 2.78. The van der Waals surface area contributed by atoms with Gasteiger partial charge in [-0.05, 0) is 18.2 Å². The van der Waals surface area contributed by atoms with E-state index >= 15 is 0 Å². The molecule has 0 N–H and O–H groups in total. The van der Waals surface area contributed by atoms with E-state index in [1.54, 1.807) is 42.5 Å². The van der Waals surface area contributed by atoms with Gasteiger partial charge < -0.3 is 18.9 Å². The molecule has 0 amide bonds. The number of fused-ring (bicyclic) bond motifs is 1. The third-order valence-electron chi connectivity index (χ3n) is 4.04. The Morgan fingerprint density at radius 1 is 0.846 bits per heavy atom. The van der Waals surface area contributed by atoms with Crippen LogP contribution >= 0.6 is 0 Å². The first-order valence-electron chi connectivity index (χ1n) is 7.71. The molecule has 0 aromatic heterocycles. The van der Waals surface area contributed by atoms with Gasteiger partial charge in [0.1, 0.15) is 11.5 Å². The van der Waals surface area contributed by atoms with Crippen LogP contribution in [0.5, 0.6) is 11.5 Å². The number of carbonyl (C=O) groups is 2. The first kappa shape index (κ1) is 15.9. The van der Waals surface area contributed by atoms with Gasteiger partial charge in [-0.25, -0.2) is 14.6 Å². The number of hydrogen-bond donors (Lipinski definition) is 0. The molecule has 0 atom stereocenters. The largest absolute Gasteiger partial charge is 0.497 e. The lowest BCUT2D eigenvalue weighted by atomic mass is 10.1. The third-order valence-corrected chi connectivity index (χ3v) is 4.04. The van der Waals surface area contributed by atoms with Crippen LogP contribution in [0.2, 0.25) is 0 Å². The SMILES string of the molecule is COc1ccc(C2=NC(=C3OC(=O)c4ccccc43)C(=O)O2)c(OC)c1. The molecule has 0 saturated carbocycles. The number of carbonyl (C=O) groups excluding carboxylic acids is 2. The number of methoxy groups -OCH3 is 2. The van der Waals surface area contributed by atoms with Gasteiger partial charge in [0.15, 0.2) is 11.5 Å². The summed E-state index contributed by atoms with van der Waals surface area (Å²) in [5.41, 5.74) is 1.32. The Morgan fingerprint density at radius 3 is 2.35 bits per heavy atom. The van der Waals surface area contributed by atoms with E-state index < -0.39 is 11.9 Å². The minimum absolute atomic E-state index is 0.0591. The van der Waals surface area contributed by atoms with Gasteiger partial charge >= 0.3 is 11.9 Å². The van der Waals surface area contributed by atoms with Crippen molar-refractivity contribution >= 4 is 23.6 Å². The molecular weight excluding hydrogens is 338 g/mol. The second-order valence-corrected chi connectivity index (χ2v) is 5.49. The Morgan fingerprint density at radius 2 is 1.62 bits per heavy atom. The second-order valence-electron chi connectivity index (χ2n) is 5.49. The standard InChI is InChI=1S/C19H13NO6/c1-23-10-7-8-13(14(9-10)24-2)17-20-15(19(22)26-17)16-11-5-3-4-6-12(11)18(21)25-16/h3-9H,1-2H3. The van der Waals surface area contributed by atoms with Crippen molar-refractivity contribution in [3.05, 3.63) is 64.9 Å². The van der Waals surface area contributed by atoms with Gasteiger partial charge in [0.25, 0.3) is 0 Å². The third kappa shape index (κ3) is 2.41. The molecule has 7 nitrogen and oxygen atoms in total. The van der Waals surface area contributed by atoms with Gasteiger partial charge in [-0.2, -0.15) is 0 Å². The molecule has 0 saturated heterocycles. The predicted molar refractivity (Wildman–Crippen MR) is 91.0 cm³/mol. The number of benzene rings is 2. The Labute approximate surface area is 148 Å². The average molecular weight is 351 g/mol. The number of cyclic esters (lactones) is 2. The Hall–Kier alpha value is -3.61. The van der Waals surface area contributed by atoms with Crippen molar-refractivity contribution in [2.24, 2.45) is 4.99 Å². The molecule has 130 valence electrons. The quantitative estimate of drug-likeness (QED) is 0.624. The molecule has 0 bridgehead atoms. The van der Waals surface area contributed by atoms with Crippen LogP contribution in [0.3, 0.4) is 0 Å². The minimum atomic E-state index is -0.697. The van der Waals surface area contributed by atoms with Crippen molar-refractivity contribution in [1.82, 2.24) is 0 Å². The van der Waals surface area contributed by atoms with Crippen LogP contribution in [-0.4, -0.2) is 32.1 Å². The predicted octanol–water partition coefficient (Wildman–Crippen LogP) is 2.55. The lowest BCUT2D eigenvalue weighted by Gasteiger charge is -2.08. The Kier molecular flexibility index (Phi) is 3.69. The first-order chi connectivity index (χ1) is 12.6. The summed E-state index contributed by atoms with van der Waals surface area (Å²) in [5.74, 6) is -0.0341. The molecule has 2 heterocycles. The van der Waals surface area contributed by atoms with E-state index in [0.29, 0.717) is 28.2 Å². The molecule has 0 spiro atoms. The number of nitrogens with zero attached hydrogens (tertiary/aromatic N) is 1. The van der Waals surface area contributed by atoms with Crippen molar-refractivity contribution in [2.45, 2.75) is 0 Å². The van der Waals surface area contributed by atoms with E-state index in [1.807, 2.05) is 0 Å². The highest BCUT2D eigenvalue weighted by atomic mass is 16.6. The van der Waals surface area contributed by atoms with E-state index in [1.165, 1.54) is 14.2 Å². The van der Waals surface area contributed by atoms with Crippen LogP contribution in [0, 0.1) is 0 Å². The number of esters is 2. The number of aliphatic imine (C=N–C) groups is 1. The van der Waals surface area contributed by atoms with E-state index in [0.717, 1.165) is 0 Å². The molecule has 0 radical (unpaired) electrons. The maximum absolute atomic E-state index is 12.3. The van der Waals surface area contributed by atoms with Crippen LogP contribution in [-0.2, 0) is 14.3 Å². The highest BCUT2D eigenvalue weighted by Gasteiger charge is 2.36. The summed E-state index contributed by atoms with van der Waals surface area (Å²) in [6.45, 7) is 0. The van der Waals surface area contributed by atoms with E-state index in [9.17, 15) is 9.59 Å². The average Bonchev–Trinajstić information content (AvgIpc) is 3.21. The zero-order valence-corrected chi connectivity index (χ0v) is 13.9. The molecule has 0 fully saturated rings. The maximum Gasteiger partial charge on any atom is 0.367 e. The first-order valence-corrected chi connectivity index (χ1v) is 7.71. The topological polar surface area (TPSA) is 83.4 Å². The molecule has 7 heteroatoms. The lowest BCUT2D eigenvalue weighted by molar-refractivity contribution is -0.130. The molecule has 2 aliphatic rings. The normalized spacial score (nSPS) is 18.2. The molecule has 0 aliphatic carbocycles. The molecule has 26 heavy (non-hydrogen) atoms. The van der Waals surface area contributed by atoms with Crippen LogP contribution in [0.15, 0.2) is 53.2 Å². The minimum Gasteiger partial charge on any atom is -0.497 e. The summed E-state index contributed by atoms with van der Waals surface area (Å²) < 4.78 is 21.0. The molecule has 4 rings (SSSR count). The molecule has 2 aliphatic heterocycles. The zero-order chi connectivity index (χ0) is 18.3. The van der Waals surface area contributed by atoms with Crippen LogP contribution in [0.1, 0.15) is 21.5 Å². The highest BCUT2D eigenvalue weighted by molar-refractivity contribution is 6.17. The summed E-state index contributed by atoms with van der Waals surface area (Å²) in [6, 6.07) is 11.8.